The molecule has 8 heteroatoms. The zero-order chi connectivity index (χ0) is 23.5. The standard InChI is InChI=1S/C26H27N5O2S/c1-2-18-11-7-8-14-20(18)27-21(32)17-31-25(33)23-24(22(29-31)19-12-5-3-6-13-19)34-26(28-23)30-15-9-4-10-16-30/h3,5-8,11-14H,2,4,9-10,15-17H2,1H3,(H,27,32). The van der Waals surface area contributed by atoms with Crippen LogP contribution < -0.4 is 15.8 Å². The Labute approximate surface area is 202 Å². The van der Waals surface area contributed by atoms with Crippen LogP contribution in [0.4, 0.5) is 10.8 Å². The number of hydrogen-bond donors (Lipinski definition) is 1. The molecular formula is C26H27N5O2S. The summed E-state index contributed by atoms with van der Waals surface area (Å²) < 4.78 is 2.01. The number of aromatic nitrogens is 3. The van der Waals surface area contributed by atoms with Crippen molar-refractivity contribution in [2.45, 2.75) is 39.2 Å². The minimum Gasteiger partial charge on any atom is -0.348 e. The molecule has 1 aliphatic heterocycles. The maximum atomic E-state index is 13.4. The second-order valence-corrected chi connectivity index (χ2v) is 9.44. The monoisotopic (exact) mass is 473 g/mol. The molecule has 0 atom stereocenters. The van der Waals surface area contributed by atoms with Crippen molar-refractivity contribution in [1.82, 2.24) is 14.8 Å². The van der Waals surface area contributed by atoms with Crippen LogP contribution in [0, 0.1) is 0 Å². The van der Waals surface area contributed by atoms with E-state index in [2.05, 4.69) is 15.3 Å². The smallest absolute Gasteiger partial charge is 0.294 e. The molecule has 0 bridgehead atoms. The van der Waals surface area contributed by atoms with Gasteiger partial charge in [0, 0.05) is 24.3 Å². The fraction of sp³-hybridized carbons (Fsp3) is 0.308. The number of thiazole rings is 1. The molecule has 1 aliphatic rings. The van der Waals surface area contributed by atoms with Gasteiger partial charge in [-0.25, -0.2) is 9.67 Å². The predicted octanol–water partition coefficient (Wildman–Crippen LogP) is 4.71. The van der Waals surface area contributed by atoms with Crippen LogP contribution in [0.5, 0.6) is 0 Å². The fourth-order valence-electron chi connectivity index (χ4n) is 4.34. The molecule has 174 valence electrons. The first-order valence-electron chi connectivity index (χ1n) is 11.7. The zero-order valence-electron chi connectivity index (χ0n) is 19.2. The molecule has 1 amide bonds. The van der Waals surface area contributed by atoms with Crippen molar-refractivity contribution in [2.75, 3.05) is 23.3 Å². The summed E-state index contributed by atoms with van der Waals surface area (Å²) in [4.78, 5) is 33.3. The van der Waals surface area contributed by atoms with Crippen LogP contribution in [0.25, 0.3) is 21.5 Å². The summed E-state index contributed by atoms with van der Waals surface area (Å²) in [6.45, 7) is 3.76. The maximum absolute atomic E-state index is 13.4. The molecular weight excluding hydrogens is 446 g/mol. The molecule has 0 aliphatic carbocycles. The highest BCUT2D eigenvalue weighted by Crippen LogP contribution is 2.34. The molecule has 2 aromatic carbocycles. The predicted molar refractivity (Wildman–Crippen MR) is 138 cm³/mol. The van der Waals surface area contributed by atoms with Crippen molar-refractivity contribution in [3.63, 3.8) is 0 Å². The van der Waals surface area contributed by atoms with E-state index in [1.165, 1.54) is 22.4 Å². The third-order valence-electron chi connectivity index (χ3n) is 6.13. The number of para-hydroxylation sites is 1. The molecule has 0 unspecified atom stereocenters. The molecule has 7 nitrogen and oxygen atoms in total. The van der Waals surface area contributed by atoms with Crippen LogP contribution in [0.1, 0.15) is 31.7 Å². The number of hydrogen-bond acceptors (Lipinski definition) is 6. The van der Waals surface area contributed by atoms with Crippen molar-refractivity contribution in [1.29, 1.82) is 0 Å². The summed E-state index contributed by atoms with van der Waals surface area (Å²) in [5, 5.41) is 8.44. The molecule has 1 fully saturated rings. The lowest BCUT2D eigenvalue weighted by Crippen LogP contribution is -2.31. The van der Waals surface area contributed by atoms with E-state index < -0.39 is 0 Å². The Hall–Kier alpha value is -3.52. The summed E-state index contributed by atoms with van der Waals surface area (Å²) in [7, 11) is 0. The second-order valence-electron chi connectivity index (χ2n) is 8.46. The number of piperidine rings is 1. The first-order valence-corrected chi connectivity index (χ1v) is 12.6. The van der Waals surface area contributed by atoms with Crippen molar-refractivity contribution in [3.05, 3.63) is 70.5 Å². The van der Waals surface area contributed by atoms with Crippen molar-refractivity contribution in [3.8, 4) is 11.3 Å². The second kappa shape index (κ2) is 9.77. The van der Waals surface area contributed by atoms with E-state index >= 15 is 0 Å². The number of aryl methyl sites for hydroxylation is 1. The molecule has 0 spiro atoms. The number of rotatable bonds is 6. The fourth-order valence-corrected chi connectivity index (χ4v) is 5.45. The Morgan fingerprint density at radius 2 is 1.76 bits per heavy atom. The van der Waals surface area contributed by atoms with Gasteiger partial charge in [-0.1, -0.05) is 66.8 Å². The van der Waals surface area contributed by atoms with E-state index in [-0.39, 0.29) is 18.0 Å². The van der Waals surface area contributed by atoms with Crippen LogP contribution >= 0.6 is 11.3 Å². The number of fused-ring (bicyclic) bond motifs is 1. The molecule has 34 heavy (non-hydrogen) atoms. The van der Waals surface area contributed by atoms with Gasteiger partial charge in [0.2, 0.25) is 5.91 Å². The first-order chi connectivity index (χ1) is 16.6. The van der Waals surface area contributed by atoms with Gasteiger partial charge in [0.15, 0.2) is 10.6 Å². The molecule has 0 radical (unpaired) electrons. The van der Waals surface area contributed by atoms with E-state index in [4.69, 9.17) is 4.98 Å². The normalized spacial score (nSPS) is 13.9. The van der Waals surface area contributed by atoms with Crippen LogP contribution in [0.15, 0.2) is 59.4 Å². The Morgan fingerprint density at radius 1 is 1.03 bits per heavy atom. The lowest BCUT2D eigenvalue weighted by molar-refractivity contribution is -0.117. The van der Waals surface area contributed by atoms with Gasteiger partial charge in [-0.2, -0.15) is 5.10 Å². The minimum atomic E-state index is -0.340. The summed E-state index contributed by atoms with van der Waals surface area (Å²) in [6, 6.07) is 17.5. The third-order valence-corrected chi connectivity index (χ3v) is 7.25. The van der Waals surface area contributed by atoms with E-state index in [1.807, 2.05) is 61.5 Å². The average molecular weight is 474 g/mol. The quantitative estimate of drug-likeness (QED) is 0.439. The highest BCUT2D eigenvalue weighted by atomic mass is 32.1. The zero-order valence-corrected chi connectivity index (χ0v) is 20.0. The van der Waals surface area contributed by atoms with Crippen LogP contribution in [-0.2, 0) is 17.8 Å². The number of amides is 1. The van der Waals surface area contributed by atoms with Crippen molar-refractivity contribution in [2.24, 2.45) is 0 Å². The topological polar surface area (TPSA) is 80.1 Å². The van der Waals surface area contributed by atoms with Gasteiger partial charge in [-0.15, -0.1) is 0 Å². The number of anilines is 2. The SMILES string of the molecule is CCc1ccccc1NC(=O)Cn1nc(-c2ccccc2)c2sc(N3CCCCC3)nc2c1=O. The Kier molecular flexibility index (Phi) is 6.40. The van der Waals surface area contributed by atoms with E-state index in [0.29, 0.717) is 11.2 Å². The summed E-state index contributed by atoms with van der Waals surface area (Å²) in [6.07, 6.45) is 4.28. The number of nitrogens with one attached hydrogen (secondary N) is 1. The lowest BCUT2D eigenvalue weighted by atomic mass is 10.1. The first kappa shape index (κ1) is 22.3. The Morgan fingerprint density at radius 3 is 2.53 bits per heavy atom. The van der Waals surface area contributed by atoms with Gasteiger partial charge in [0.1, 0.15) is 12.2 Å². The van der Waals surface area contributed by atoms with E-state index in [0.717, 1.165) is 59.0 Å². The van der Waals surface area contributed by atoms with Gasteiger partial charge >= 0.3 is 0 Å². The molecule has 3 heterocycles. The van der Waals surface area contributed by atoms with Gasteiger partial charge in [0.05, 0.1) is 4.70 Å². The highest BCUT2D eigenvalue weighted by molar-refractivity contribution is 7.22. The van der Waals surface area contributed by atoms with Gasteiger partial charge in [-0.3, -0.25) is 9.59 Å². The molecule has 1 N–H and O–H groups in total. The van der Waals surface area contributed by atoms with Crippen LogP contribution in [-0.4, -0.2) is 33.8 Å². The largest absolute Gasteiger partial charge is 0.348 e. The van der Waals surface area contributed by atoms with Crippen LogP contribution in [0.3, 0.4) is 0 Å². The Balaban J connectivity index is 1.54. The average Bonchev–Trinajstić information content (AvgIpc) is 3.33. The number of benzene rings is 2. The molecule has 0 saturated carbocycles. The minimum absolute atomic E-state index is 0.177. The van der Waals surface area contributed by atoms with E-state index in [9.17, 15) is 9.59 Å². The number of carbonyl (C=O) groups excluding carboxylic acids is 1. The number of carbonyl (C=O) groups is 1. The molecule has 2 aromatic heterocycles. The lowest BCUT2D eigenvalue weighted by Gasteiger charge is -2.25. The molecule has 4 aromatic rings. The summed E-state index contributed by atoms with van der Waals surface area (Å²) >= 11 is 1.51. The molecule has 5 rings (SSSR count). The van der Waals surface area contributed by atoms with Crippen LogP contribution in [0.2, 0.25) is 0 Å². The van der Waals surface area contributed by atoms with Gasteiger partial charge in [-0.05, 0) is 37.3 Å². The van der Waals surface area contributed by atoms with E-state index in [1.54, 1.807) is 0 Å². The highest BCUT2D eigenvalue weighted by Gasteiger charge is 2.22. The molecule has 1 saturated heterocycles. The summed E-state index contributed by atoms with van der Waals surface area (Å²) in [5.41, 5.74) is 3.41. The summed E-state index contributed by atoms with van der Waals surface area (Å²) in [5.74, 6) is -0.291. The van der Waals surface area contributed by atoms with Gasteiger partial charge < -0.3 is 10.2 Å². The number of nitrogens with zero attached hydrogens (tertiary/aromatic N) is 4. The third kappa shape index (κ3) is 4.46. The van der Waals surface area contributed by atoms with Gasteiger partial charge in [0.25, 0.3) is 5.56 Å². The van der Waals surface area contributed by atoms with Crippen molar-refractivity contribution >= 4 is 38.3 Å². The maximum Gasteiger partial charge on any atom is 0.294 e. The van der Waals surface area contributed by atoms with Crippen molar-refractivity contribution < 1.29 is 4.79 Å². The Bertz CT molecular complexity index is 1370.